The highest BCUT2D eigenvalue weighted by Crippen LogP contribution is 2.15. The standard InChI is InChI=1S/C15H13N3O2/c16-10-4-3-5-11(8-10)20-9-14-17-13-7-2-1-6-12(13)15(19)18-14/h1-8H,9,16H2,(H,17,18,19). The molecule has 5 heteroatoms. The van der Waals surface area contributed by atoms with Gasteiger partial charge in [0.05, 0.1) is 10.9 Å². The van der Waals surface area contributed by atoms with Gasteiger partial charge in [-0.05, 0) is 24.3 Å². The molecule has 100 valence electrons. The monoisotopic (exact) mass is 267 g/mol. The van der Waals surface area contributed by atoms with Crippen LogP contribution in [-0.2, 0) is 6.61 Å². The highest BCUT2D eigenvalue weighted by molar-refractivity contribution is 5.77. The molecule has 0 radical (unpaired) electrons. The van der Waals surface area contributed by atoms with Crippen molar-refractivity contribution in [1.29, 1.82) is 0 Å². The highest BCUT2D eigenvalue weighted by Gasteiger charge is 2.04. The summed E-state index contributed by atoms with van der Waals surface area (Å²) in [6.07, 6.45) is 0. The highest BCUT2D eigenvalue weighted by atomic mass is 16.5. The lowest BCUT2D eigenvalue weighted by molar-refractivity contribution is 0.296. The lowest BCUT2D eigenvalue weighted by Crippen LogP contribution is -2.13. The molecule has 0 atom stereocenters. The predicted octanol–water partition coefficient (Wildman–Crippen LogP) is 2.08. The number of hydrogen-bond donors (Lipinski definition) is 2. The minimum Gasteiger partial charge on any atom is -0.486 e. The van der Waals surface area contributed by atoms with Gasteiger partial charge in [0.2, 0.25) is 0 Å². The number of benzene rings is 2. The number of anilines is 1. The van der Waals surface area contributed by atoms with Crippen molar-refractivity contribution in [3.8, 4) is 5.75 Å². The summed E-state index contributed by atoms with van der Waals surface area (Å²) >= 11 is 0. The smallest absolute Gasteiger partial charge is 0.258 e. The van der Waals surface area contributed by atoms with E-state index in [0.29, 0.717) is 28.2 Å². The van der Waals surface area contributed by atoms with Gasteiger partial charge in [-0.15, -0.1) is 0 Å². The second-order valence-electron chi connectivity index (χ2n) is 4.39. The molecule has 0 saturated carbocycles. The van der Waals surface area contributed by atoms with Crippen LogP contribution in [0.5, 0.6) is 5.75 Å². The Morgan fingerprint density at radius 3 is 2.85 bits per heavy atom. The quantitative estimate of drug-likeness (QED) is 0.712. The second kappa shape index (κ2) is 5.05. The van der Waals surface area contributed by atoms with Gasteiger partial charge in [0.15, 0.2) is 0 Å². The Bertz CT molecular complexity index is 811. The number of nitrogens with one attached hydrogen (secondary N) is 1. The van der Waals surface area contributed by atoms with Gasteiger partial charge >= 0.3 is 0 Å². The van der Waals surface area contributed by atoms with Crippen LogP contribution in [0.3, 0.4) is 0 Å². The van der Waals surface area contributed by atoms with Crippen molar-refractivity contribution in [2.75, 3.05) is 5.73 Å². The first kappa shape index (κ1) is 12.2. The Kier molecular flexibility index (Phi) is 3.09. The minimum atomic E-state index is -0.165. The zero-order valence-corrected chi connectivity index (χ0v) is 10.7. The first-order valence-corrected chi connectivity index (χ1v) is 6.19. The van der Waals surface area contributed by atoms with E-state index in [1.807, 2.05) is 12.1 Å². The third-order valence-electron chi connectivity index (χ3n) is 2.90. The van der Waals surface area contributed by atoms with Gasteiger partial charge in [-0.25, -0.2) is 4.98 Å². The number of nitrogens with zero attached hydrogens (tertiary/aromatic N) is 1. The van der Waals surface area contributed by atoms with Crippen LogP contribution >= 0.6 is 0 Å². The van der Waals surface area contributed by atoms with Crippen LogP contribution in [-0.4, -0.2) is 9.97 Å². The van der Waals surface area contributed by atoms with Crippen LogP contribution in [0, 0.1) is 0 Å². The molecule has 0 aliphatic rings. The van der Waals surface area contributed by atoms with Crippen LogP contribution in [0.15, 0.2) is 53.3 Å². The molecule has 1 aromatic heterocycles. The number of hydrogen-bond acceptors (Lipinski definition) is 4. The molecule has 0 saturated heterocycles. The van der Waals surface area contributed by atoms with Crippen molar-refractivity contribution in [3.63, 3.8) is 0 Å². The molecule has 0 amide bonds. The summed E-state index contributed by atoms with van der Waals surface area (Å²) in [5.74, 6) is 1.12. The van der Waals surface area contributed by atoms with E-state index in [9.17, 15) is 4.79 Å². The molecule has 3 N–H and O–H groups in total. The van der Waals surface area contributed by atoms with Gasteiger partial charge in [0.1, 0.15) is 18.2 Å². The van der Waals surface area contributed by atoms with E-state index in [2.05, 4.69) is 9.97 Å². The van der Waals surface area contributed by atoms with E-state index in [4.69, 9.17) is 10.5 Å². The number of ether oxygens (including phenoxy) is 1. The molecule has 0 fully saturated rings. The van der Waals surface area contributed by atoms with Crippen LogP contribution in [0.1, 0.15) is 5.82 Å². The van der Waals surface area contributed by atoms with Crippen molar-refractivity contribution in [2.45, 2.75) is 6.61 Å². The molecule has 3 aromatic rings. The number of rotatable bonds is 3. The van der Waals surface area contributed by atoms with Crippen molar-refractivity contribution >= 4 is 16.6 Å². The van der Waals surface area contributed by atoms with E-state index in [1.54, 1.807) is 36.4 Å². The largest absolute Gasteiger partial charge is 0.486 e. The van der Waals surface area contributed by atoms with Crippen LogP contribution in [0.25, 0.3) is 10.9 Å². The number of nitrogen functional groups attached to an aromatic ring is 1. The molecule has 0 unspecified atom stereocenters. The fraction of sp³-hybridized carbons (Fsp3) is 0.0667. The Morgan fingerprint density at radius 2 is 2.00 bits per heavy atom. The molecule has 0 bridgehead atoms. The number of nitrogens with two attached hydrogens (primary N) is 1. The average molecular weight is 267 g/mol. The lowest BCUT2D eigenvalue weighted by atomic mass is 10.2. The number of H-pyrrole nitrogens is 1. The van der Waals surface area contributed by atoms with Crippen LogP contribution in [0.2, 0.25) is 0 Å². The molecular weight excluding hydrogens is 254 g/mol. The van der Waals surface area contributed by atoms with E-state index < -0.39 is 0 Å². The van der Waals surface area contributed by atoms with Crippen molar-refractivity contribution in [1.82, 2.24) is 9.97 Å². The summed E-state index contributed by atoms with van der Waals surface area (Å²) in [6, 6.07) is 14.3. The molecule has 1 heterocycles. The average Bonchev–Trinajstić information content (AvgIpc) is 2.45. The molecule has 20 heavy (non-hydrogen) atoms. The first-order valence-electron chi connectivity index (χ1n) is 6.19. The minimum absolute atomic E-state index is 0.165. The topological polar surface area (TPSA) is 81.0 Å². The van der Waals surface area contributed by atoms with Gasteiger partial charge in [-0.3, -0.25) is 4.79 Å². The number of aromatic nitrogens is 2. The molecule has 0 aliphatic carbocycles. The van der Waals surface area contributed by atoms with E-state index in [1.165, 1.54) is 0 Å². The van der Waals surface area contributed by atoms with Crippen LogP contribution < -0.4 is 16.0 Å². The second-order valence-corrected chi connectivity index (χ2v) is 4.39. The molecule has 0 aliphatic heterocycles. The Morgan fingerprint density at radius 1 is 1.15 bits per heavy atom. The predicted molar refractivity (Wildman–Crippen MR) is 77.6 cm³/mol. The van der Waals surface area contributed by atoms with E-state index >= 15 is 0 Å². The van der Waals surface area contributed by atoms with Crippen molar-refractivity contribution in [3.05, 3.63) is 64.7 Å². The summed E-state index contributed by atoms with van der Waals surface area (Å²) in [6.45, 7) is 0.184. The Hall–Kier alpha value is -2.82. The Balaban J connectivity index is 1.86. The number of aromatic amines is 1. The van der Waals surface area contributed by atoms with E-state index in [0.717, 1.165) is 0 Å². The van der Waals surface area contributed by atoms with Crippen LogP contribution in [0.4, 0.5) is 5.69 Å². The molecule has 5 nitrogen and oxygen atoms in total. The normalized spacial score (nSPS) is 10.6. The third-order valence-corrected chi connectivity index (χ3v) is 2.90. The van der Waals surface area contributed by atoms with Crippen molar-refractivity contribution < 1.29 is 4.74 Å². The maximum Gasteiger partial charge on any atom is 0.258 e. The fourth-order valence-electron chi connectivity index (χ4n) is 1.96. The Labute approximate surface area is 115 Å². The zero-order valence-electron chi connectivity index (χ0n) is 10.7. The molecule has 0 spiro atoms. The first-order chi connectivity index (χ1) is 9.72. The summed E-state index contributed by atoms with van der Waals surface area (Å²) in [5, 5.41) is 0.570. The number of para-hydroxylation sites is 1. The van der Waals surface area contributed by atoms with Gasteiger partial charge < -0.3 is 15.5 Å². The summed E-state index contributed by atoms with van der Waals surface area (Å²) in [5.41, 5.74) is 6.79. The summed E-state index contributed by atoms with van der Waals surface area (Å²) < 4.78 is 5.56. The molecule has 3 rings (SSSR count). The lowest BCUT2D eigenvalue weighted by Gasteiger charge is -2.07. The van der Waals surface area contributed by atoms with Gasteiger partial charge in [-0.2, -0.15) is 0 Å². The van der Waals surface area contributed by atoms with Gasteiger partial charge in [0.25, 0.3) is 5.56 Å². The maximum absolute atomic E-state index is 11.9. The third kappa shape index (κ3) is 2.47. The van der Waals surface area contributed by atoms with Gasteiger partial charge in [0, 0.05) is 11.8 Å². The van der Waals surface area contributed by atoms with E-state index in [-0.39, 0.29) is 12.2 Å². The van der Waals surface area contributed by atoms with Crippen molar-refractivity contribution in [2.24, 2.45) is 0 Å². The summed E-state index contributed by atoms with van der Waals surface area (Å²) in [4.78, 5) is 19.0. The fourth-order valence-corrected chi connectivity index (χ4v) is 1.96. The zero-order chi connectivity index (χ0) is 13.9. The summed E-state index contributed by atoms with van der Waals surface area (Å²) in [7, 11) is 0. The number of fused-ring (bicyclic) bond motifs is 1. The SMILES string of the molecule is Nc1cccc(OCc2nc3ccccc3c(=O)[nH]2)c1. The molecular formula is C15H13N3O2. The van der Waals surface area contributed by atoms with Gasteiger partial charge in [-0.1, -0.05) is 18.2 Å². The molecule has 2 aromatic carbocycles. The maximum atomic E-state index is 11.9.